The van der Waals surface area contributed by atoms with Crippen LogP contribution >= 0.6 is 0 Å². The lowest BCUT2D eigenvalue weighted by Crippen LogP contribution is -2.55. The molecular weight excluding hydrogens is 232 g/mol. The predicted molar refractivity (Wildman–Crippen MR) is 83.5 cm³/mol. The summed E-state index contributed by atoms with van der Waals surface area (Å²) in [5.74, 6) is 0. The van der Waals surface area contributed by atoms with E-state index in [1.54, 1.807) is 0 Å². The molecule has 2 nitrogen and oxygen atoms in total. The summed E-state index contributed by atoms with van der Waals surface area (Å²) in [7, 11) is 0. The molecule has 2 aliphatic carbocycles. The Morgan fingerprint density at radius 3 is 2.47 bits per heavy atom. The van der Waals surface area contributed by atoms with Gasteiger partial charge in [0.2, 0.25) is 0 Å². The van der Waals surface area contributed by atoms with Crippen LogP contribution in [0, 0.1) is 5.41 Å². The normalized spacial score (nSPS) is 30.8. The minimum Gasteiger partial charge on any atom is -0.313 e. The van der Waals surface area contributed by atoms with Crippen LogP contribution in [0.5, 0.6) is 0 Å². The summed E-state index contributed by atoms with van der Waals surface area (Å²) in [6.45, 7) is 11.9. The van der Waals surface area contributed by atoms with Gasteiger partial charge in [0.15, 0.2) is 0 Å². The van der Waals surface area contributed by atoms with Crippen molar-refractivity contribution in [2.75, 3.05) is 13.1 Å². The van der Waals surface area contributed by atoms with Crippen LogP contribution in [0.2, 0.25) is 0 Å². The van der Waals surface area contributed by atoms with E-state index in [1.165, 1.54) is 51.5 Å². The first kappa shape index (κ1) is 15.3. The zero-order chi connectivity index (χ0) is 13.9. The number of rotatable bonds is 7. The molecule has 0 bridgehead atoms. The number of nitrogens with one attached hydrogen (secondary N) is 1. The number of nitrogens with zero attached hydrogens (tertiary/aromatic N) is 1. The highest BCUT2D eigenvalue weighted by molar-refractivity contribution is 4.99. The van der Waals surface area contributed by atoms with E-state index in [0.29, 0.717) is 5.41 Å². The van der Waals surface area contributed by atoms with Crippen LogP contribution < -0.4 is 5.32 Å². The van der Waals surface area contributed by atoms with Crippen molar-refractivity contribution < 1.29 is 0 Å². The number of likely N-dealkylation sites (N-methyl/N-ethyl adjacent to an activating group) is 1. The van der Waals surface area contributed by atoms with Gasteiger partial charge in [-0.3, -0.25) is 4.90 Å². The first-order chi connectivity index (χ1) is 9.07. The van der Waals surface area contributed by atoms with Gasteiger partial charge in [-0.1, -0.05) is 34.1 Å². The Labute approximate surface area is 120 Å². The lowest BCUT2D eigenvalue weighted by Gasteiger charge is -2.46. The van der Waals surface area contributed by atoms with Crippen LogP contribution in [0.4, 0.5) is 0 Å². The molecule has 2 fully saturated rings. The van der Waals surface area contributed by atoms with Crippen LogP contribution in [-0.4, -0.2) is 36.1 Å². The number of hydrogen-bond acceptors (Lipinski definition) is 2. The van der Waals surface area contributed by atoms with Gasteiger partial charge in [0.25, 0.3) is 0 Å². The summed E-state index contributed by atoms with van der Waals surface area (Å²) >= 11 is 0. The van der Waals surface area contributed by atoms with Gasteiger partial charge in [-0.15, -0.1) is 0 Å². The number of hydrogen-bond donors (Lipinski definition) is 1. The highest BCUT2D eigenvalue weighted by atomic mass is 15.2. The van der Waals surface area contributed by atoms with Gasteiger partial charge in [-0.05, 0) is 57.0 Å². The fraction of sp³-hybridized carbons (Fsp3) is 1.00. The van der Waals surface area contributed by atoms with E-state index in [1.807, 2.05) is 0 Å². The van der Waals surface area contributed by atoms with E-state index in [-0.39, 0.29) is 0 Å². The highest BCUT2D eigenvalue weighted by Gasteiger charge is 2.42. The molecule has 2 heteroatoms. The largest absolute Gasteiger partial charge is 0.313 e. The summed E-state index contributed by atoms with van der Waals surface area (Å²) in [6.07, 6.45) is 9.70. The van der Waals surface area contributed by atoms with Crippen LogP contribution in [0.25, 0.3) is 0 Å². The second-order valence-electron chi connectivity index (χ2n) is 7.46. The lowest BCUT2D eigenvalue weighted by atomic mass is 9.72. The van der Waals surface area contributed by atoms with Gasteiger partial charge in [-0.2, -0.15) is 0 Å². The van der Waals surface area contributed by atoms with Gasteiger partial charge in [0.05, 0.1) is 0 Å². The molecule has 0 saturated heterocycles. The van der Waals surface area contributed by atoms with E-state index in [4.69, 9.17) is 0 Å². The highest BCUT2D eigenvalue weighted by Crippen LogP contribution is 2.41. The zero-order valence-electron chi connectivity index (χ0n) is 13.5. The van der Waals surface area contributed by atoms with Gasteiger partial charge >= 0.3 is 0 Å². The summed E-state index contributed by atoms with van der Waals surface area (Å²) in [6, 6.07) is 2.42. The topological polar surface area (TPSA) is 15.3 Å². The second kappa shape index (κ2) is 6.58. The molecule has 0 aliphatic heterocycles. The van der Waals surface area contributed by atoms with Crippen molar-refractivity contribution >= 4 is 0 Å². The molecule has 19 heavy (non-hydrogen) atoms. The summed E-state index contributed by atoms with van der Waals surface area (Å²) < 4.78 is 0. The predicted octanol–water partition coefficient (Wildman–Crippen LogP) is 3.81. The maximum absolute atomic E-state index is 3.77. The average Bonchev–Trinajstić information content (AvgIpc) is 3.17. The number of unbranched alkanes of at least 4 members (excludes halogenated alkanes) is 1. The van der Waals surface area contributed by atoms with Gasteiger partial charge in [0.1, 0.15) is 0 Å². The Kier molecular flexibility index (Phi) is 5.30. The summed E-state index contributed by atoms with van der Waals surface area (Å²) in [4.78, 5) is 2.87. The van der Waals surface area contributed by atoms with Crippen LogP contribution in [-0.2, 0) is 0 Å². The minimum atomic E-state index is 0.538. The fourth-order valence-corrected chi connectivity index (χ4v) is 3.76. The van der Waals surface area contributed by atoms with Crippen LogP contribution in [0.1, 0.15) is 72.6 Å². The molecular formula is C17H34N2. The quantitative estimate of drug-likeness (QED) is 0.754. The molecule has 0 aromatic carbocycles. The molecule has 0 spiro atoms. The minimum absolute atomic E-state index is 0.538. The second-order valence-corrected chi connectivity index (χ2v) is 7.46. The Hall–Kier alpha value is -0.0800. The first-order valence-electron chi connectivity index (χ1n) is 8.56. The first-order valence-corrected chi connectivity index (χ1v) is 8.56. The molecule has 2 atom stereocenters. The van der Waals surface area contributed by atoms with Gasteiger partial charge in [0, 0.05) is 18.1 Å². The summed E-state index contributed by atoms with van der Waals surface area (Å²) in [5, 5.41) is 3.77. The molecule has 0 heterocycles. The average molecular weight is 266 g/mol. The molecule has 2 rings (SSSR count). The maximum atomic E-state index is 3.77. The molecule has 112 valence electrons. The van der Waals surface area contributed by atoms with Crippen LogP contribution in [0.3, 0.4) is 0 Å². The Morgan fingerprint density at radius 2 is 1.89 bits per heavy atom. The molecule has 0 radical (unpaired) electrons. The monoisotopic (exact) mass is 266 g/mol. The standard InChI is InChI=1S/C17H34N2/c1-5-7-12-19(14-8-9-14)16-13-17(3,4)11-10-15(16)18-6-2/h14-16,18H,5-13H2,1-4H3. The van der Waals surface area contributed by atoms with Gasteiger partial charge in [-0.25, -0.2) is 0 Å². The van der Waals surface area contributed by atoms with Crippen molar-refractivity contribution in [3.63, 3.8) is 0 Å². The fourth-order valence-electron chi connectivity index (χ4n) is 3.76. The van der Waals surface area contributed by atoms with E-state index in [0.717, 1.165) is 24.7 Å². The third-order valence-corrected chi connectivity index (χ3v) is 5.04. The smallest absolute Gasteiger partial charge is 0.0257 e. The third-order valence-electron chi connectivity index (χ3n) is 5.04. The molecule has 0 aromatic heterocycles. The van der Waals surface area contributed by atoms with E-state index in [9.17, 15) is 0 Å². The third kappa shape index (κ3) is 4.19. The van der Waals surface area contributed by atoms with Crippen LogP contribution in [0.15, 0.2) is 0 Å². The van der Waals surface area contributed by atoms with E-state index < -0.39 is 0 Å². The molecule has 2 unspecified atom stereocenters. The summed E-state index contributed by atoms with van der Waals surface area (Å²) in [5.41, 5.74) is 0.538. The van der Waals surface area contributed by atoms with Gasteiger partial charge < -0.3 is 5.32 Å². The molecule has 0 amide bonds. The van der Waals surface area contributed by atoms with Crippen molar-refractivity contribution in [1.82, 2.24) is 10.2 Å². The van der Waals surface area contributed by atoms with E-state index in [2.05, 4.69) is 37.9 Å². The molecule has 0 aromatic rings. The Balaban J connectivity index is 2.04. The molecule has 2 saturated carbocycles. The molecule has 2 aliphatic rings. The SMILES string of the molecule is CCCCN(C1CC1)C1CC(C)(C)CCC1NCC. The zero-order valence-corrected chi connectivity index (χ0v) is 13.5. The Morgan fingerprint density at radius 1 is 1.16 bits per heavy atom. The van der Waals surface area contributed by atoms with Crippen molar-refractivity contribution in [2.24, 2.45) is 5.41 Å². The van der Waals surface area contributed by atoms with Crippen molar-refractivity contribution in [1.29, 1.82) is 0 Å². The molecule has 1 N–H and O–H groups in total. The lowest BCUT2D eigenvalue weighted by molar-refractivity contribution is 0.0587. The van der Waals surface area contributed by atoms with E-state index >= 15 is 0 Å². The Bertz CT molecular complexity index is 270. The van der Waals surface area contributed by atoms with Crippen molar-refractivity contribution in [3.05, 3.63) is 0 Å². The maximum Gasteiger partial charge on any atom is 0.0257 e. The van der Waals surface area contributed by atoms with Crippen molar-refractivity contribution in [2.45, 2.75) is 90.8 Å². The van der Waals surface area contributed by atoms with Crippen molar-refractivity contribution in [3.8, 4) is 0 Å².